The van der Waals surface area contributed by atoms with Gasteiger partial charge in [-0.1, -0.05) is 0 Å². The molecule has 1 fully saturated rings. The Morgan fingerprint density at radius 1 is 1.23 bits per heavy atom. The molecule has 1 N–H and O–H groups in total. The summed E-state index contributed by atoms with van der Waals surface area (Å²) in [5.74, 6) is -1.26. The first-order valence-electron chi connectivity index (χ1n) is 8.53. The van der Waals surface area contributed by atoms with Gasteiger partial charge in [0.2, 0.25) is 5.91 Å². The van der Waals surface area contributed by atoms with E-state index < -0.39 is 11.8 Å². The van der Waals surface area contributed by atoms with Gasteiger partial charge >= 0.3 is 5.97 Å². The van der Waals surface area contributed by atoms with E-state index in [0.717, 1.165) is 25.3 Å². The first-order valence-corrected chi connectivity index (χ1v) is 8.53. The minimum atomic E-state index is -1.15. The number of halogens is 1. The minimum absolute atomic E-state index is 0.0236. The van der Waals surface area contributed by atoms with Gasteiger partial charge in [0, 0.05) is 19.0 Å². The summed E-state index contributed by atoms with van der Waals surface area (Å²) in [5, 5.41) is 9.40. The van der Waals surface area contributed by atoms with Crippen molar-refractivity contribution in [3.63, 3.8) is 0 Å². The number of hydrogen-bond donors (Lipinski definition) is 1. The molecule has 0 spiro atoms. The first-order chi connectivity index (χ1) is 12.4. The highest BCUT2D eigenvalue weighted by molar-refractivity contribution is 5.95. The number of rotatable bonds is 3. The number of hydrogen-bond acceptors (Lipinski definition) is 4. The average molecular weight is 357 g/mol. The van der Waals surface area contributed by atoms with E-state index in [1.165, 1.54) is 19.1 Å². The maximum Gasteiger partial charge on any atom is 0.336 e. The van der Waals surface area contributed by atoms with Crippen LogP contribution in [0.5, 0.6) is 0 Å². The SMILES string of the molecule is CC(=O)N1CCCC[C@H]1c1cc(-c2cc(F)ccc2C(=O)O)nc(C)n1. The maximum atomic E-state index is 13.7. The Morgan fingerprint density at radius 2 is 2.00 bits per heavy atom. The molecule has 7 heteroatoms. The summed E-state index contributed by atoms with van der Waals surface area (Å²) in [7, 11) is 0. The van der Waals surface area contributed by atoms with Crippen molar-refractivity contribution in [2.75, 3.05) is 6.54 Å². The Labute approximate surface area is 150 Å². The van der Waals surface area contributed by atoms with E-state index in [4.69, 9.17) is 0 Å². The van der Waals surface area contributed by atoms with Gasteiger partial charge in [-0.2, -0.15) is 0 Å². The summed E-state index contributed by atoms with van der Waals surface area (Å²) in [4.78, 5) is 34.0. The lowest BCUT2D eigenvalue weighted by Gasteiger charge is -2.34. The predicted octanol–water partition coefficient (Wildman–Crippen LogP) is 3.36. The Bertz CT molecular complexity index is 869. The van der Waals surface area contributed by atoms with Crippen LogP contribution in [0.25, 0.3) is 11.3 Å². The first kappa shape index (κ1) is 18.0. The van der Waals surface area contributed by atoms with E-state index in [1.807, 2.05) is 0 Å². The summed E-state index contributed by atoms with van der Waals surface area (Å²) in [6, 6.07) is 5.00. The van der Waals surface area contributed by atoms with E-state index >= 15 is 0 Å². The fourth-order valence-electron chi connectivity index (χ4n) is 3.43. The van der Waals surface area contributed by atoms with E-state index in [1.54, 1.807) is 17.9 Å². The monoisotopic (exact) mass is 357 g/mol. The molecule has 3 rings (SSSR count). The van der Waals surface area contributed by atoms with Crippen molar-refractivity contribution < 1.29 is 19.1 Å². The highest BCUT2D eigenvalue weighted by atomic mass is 19.1. The number of benzene rings is 1. The molecule has 1 amide bonds. The van der Waals surface area contributed by atoms with Crippen molar-refractivity contribution in [2.24, 2.45) is 0 Å². The van der Waals surface area contributed by atoms with Gasteiger partial charge in [0.15, 0.2) is 0 Å². The molecular weight excluding hydrogens is 337 g/mol. The Morgan fingerprint density at radius 3 is 2.69 bits per heavy atom. The van der Waals surface area contributed by atoms with Crippen molar-refractivity contribution in [3.05, 3.63) is 47.2 Å². The van der Waals surface area contributed by atoms with Crippen LogP contribution in [-0.2, 0) is 4.79 Å². The molecular formula is C19H20FN3O3. The van der Waals surface area contributed by atoms with E-state index in [0.29, 0.717) is 23.8 Å². The van der Waals surface area contributed by atoms with E-state index in [2.05, 4.69) is 9.97 Å². The number of carboxylic acid groups (broad SMARTS) is 1. The summed E-state index contributed by atoms with van der Waals surface area (Å²) in [5.41, 5.74) is 1.18. The largest absolute Gasteiger partial charge is 0.478 e. The van der Waals surface area contributed by atoms with Crippen molar-refractivity contribution >= 4 is 11.9 Å². The van der Waals surface area contributed by atoms with Crippen LogP contribution in [0, 0.1) is 12.7 Å². The van der Waals surface area contributed by atoms with Crippen LogP contribution < -0.4 is 0 Å². The van der Waals surface area contributed by atoms with Gasteiger partial charge in [-0.3, -0.25) is 4.79 Å². The minimum Gasteiger partial charge on any atom is -0.478 e. The van der Waals surface area contributed by atoms with Crippen molar-refractivity contribution in [1.82, 2.24) is 14.9 Å². The quantitative estimate of drug-likeness (QED) is 0.911. The Balaban J connectivity index is 2.11. The molecule has 1 aromatic carbocycles. The van der Waals surface area contributed by atoms with Gasteiger partial charge in [0.25, 0.3) is 0 Å². The molecule has 6 nitrogen and oxygen atoms in total. The number of amides is 1. The van der Waals surface area contributed by atoms with Crippen LogP contribution in [0.15, 0.2) is 24.3 Å². The van der Waals surface area contributed by atoms with Gasteiger partial charge in [0.1, 0.15) is 11.6 Å². The molecule has 0 unspecified atom stereocenters. The third-order valence-electron chi connectivity index (χ3n) is 4.59. The summed E-state index contributed by atoms with van der Waals surface area (Å²) in [6.45, 7) is 3.90. The normalized spacial score (nSPS) is 17.2. The van der Waals surface area contributed by atoms with Crippen LogP contribution >= 0.6 is 0 Å². The van der Waals surface area contributed by atoms with Gasteiger partial charge in [-0.15, -0.1) is 0 Å². The van der Waals surface area contributed by atoms with Crippen LogP contribution in [-0.4, -0.2) is 38.4 Å². The third kappa shape index (κ3) is 3.56. The molecule has 1 atom stereocenters. The molecule has 1 saturated heterocycles. The molecule has 0 radical (unpaired) electrons. The number of likely N-dealkylation sites (tertiary alicyclic amines) is 1. The fourth-order valence-corrected chi connectivity index (χ4v) is 3.43. The fraction of sp³-hybridized carbons (Fsp3) is 0.368. The summed E-state index contributed by atoms with van der Waals surface area (Å²) >= 11 is 0. The lowest BCUT2D eigenvalue weighted by molar-refractivity contribution is -0.132. The smallest absolute Gasteiger partial charge is 0.336 e. The Kier molecular flexibility index (Phi) is 4.97. The molecule has 26 heavy (non-hydrogen) atoms. The summed E-state index contributed by atoms with van der Waals surface area (Å²) in [6.07, 6.45) is 2.71. The highest BCUT2D eigenvalue weighted by Crippen LogP contribution is 2.32. The second-order valence-electron chi connectivity index (χ2n) is 6.44. The highest BCUT2D eigenvalue weighted by Gasteiger charge is 2.28. The number of carbonyl (C=O) groups excluding carboxylic acids is 1. The molecule has 2 aromatic rings. The molecule has 136 valence electrons. The topological polar surface area (TPSA) is 83.4 Å². The van der Waals surface area contributed by atoms with Crippen molar-refractivity contribution in [1.29, 1.82) is 0 Å². The number of carbonyl (C=O) groups is 2. The number of piperidine rings is 1. The molecule has 0 aliphatic carbocycles. The number of nitrogens with zero attached hydrogens (tertiary/aromatic N) is 3. The van der Waals surface area contributed by atoms with Gasteiger partial charge in [-0.05, 0) is 50.5 Å². The number of aryl methyl sites for hydroxylation is 1. The van der Waals surface area contributed by atoms with Gasteiger partial charge in [0.05, 0.1) is 23.0 Å². The predicted molar refractivity (Wildman–Crippen MR) is 93.1 cm³/mol. The zero-order valence-corrected chi connectivity index (χ0v) is 14.7. The Hall–Kier alpha value is -2.83. The zero-order valence-electron chi connectivity index (χ0n) is 14.7. The van der Waals surface area contributed by atoms with E-state index in [9.17, 15) is 19.1 Å². The molecule has 0 bridgehead atoms. The van der Waals surface area contributed by atoms with Crippen molar-refractivity contribution in [2.45, 2.75) is 39.2 Å². The zero-order chi connectivity index (χ0) is 18.8. The molecule has 1 aliphatic heterocycles. The second kappa shape index (κ2) is 7.19. The van der Waals surface area contributed by atoms with Gasteiger partial charge in [-0.25, -0.2) is 19.2 Å². The second-order valence-corrected chi connectivity index (χ2v) is 6.44. The van der Waals surface area contributed by atoms with Crippen LogP contribution in [0.4, 0.5) is 4.39 Å². The summed E-state index contributed by atoms with van der Waals surface area (Å²) < 4.78 is 13.7. The standard InChI is InChI=1S/C19H20FN3O3/c1-11-21-16(15-9-13(20)6-7-14(15)19(25)26)10-17(22-11)18-5-3-4-8-23(18)12(2)24/h6-7,9-10,18H,3-5,8H2,1-2H3,(H,25,26)/t18-/m0/s1. The third-order valence-corrected chi connectivity index (χ3v) is 4.59. The lowest BCUT2D eigenvalue weighted by Crippen LogP contribution is -2.37. The van der Waals surface area contributed by atoms with Gasteiger partial charge < -0.3 is 10.0 Å². The molecule has 1 aromatic heterocycles. The van der Waals surface area contributed by atoms with Crippen LogP contribution in [0.1, 0.15) is 54.1 Å². The molecule has 2 heterocycles. The van der Waals surface area contributed by atoms with E-state index in [-0.39, 0.29) is 23.1 Å². The molecule has 0 saturated carbocycles. The lowest BCUT2D eigenvalue weighted by atomic mass is 9.97. The maximum absolute atomic E-state index is 13.7. The molecule has 1 aliphatic rings. The number of aromatic nitrogens is 2. The van der Waals surface area contributed by atoms with Crippen molar-refractivity contribution in [3.8, 4) is 11.3 Å². The van der Waals surface area contributed by atoms with Crippen LogP contribution in [0.3, 0.4) is 0 Å². The average Bonchev–Trinajstić information content (AvgIpc) is 2.60. The van der Waals surface area contributed by atoms with Crippen LogP contribution in [0.2, 0.25) is 0 Å². The number of aromatic carboxylic acids is 1. The number of carboxylic acids is 1.